The summed E-state index contributed by atoms with van der Waals surface area (Å²) in [5.74, 6) is -1.39. The molecular weight excluding hydrogens is 296 g/mol. The van der Waals surface area contributed by atoms with Gasteiger partial charge in [0.1, 0.15) is 0 Å². The molecule has 3 N–H and O–H groups in total. The van der Waals surface area contributed by atoms with E-state index in [4.69, 9.17) is 9.84 Å². The number of carbonyl (C=O) groups excluding carboxylic acids is 2. The van der Waals surface area contributed by atoms with Crippen LogP contribution in [0.3, 0.4) is 0 Å². The first kappa shape index (κ1) is 17.4. The summed E-state index contributed by atoms with van der Waals surface area (Å²) in [6.07, 6.45) is 0.914. The lowest BCUT2D eigenvalue weighted by Gasteiger charge is -2.37. The van der Waals surface area contributed by atoms with Crippen molar-refractivity contribution in [2.45, 2.75) is 31.3 Å². The number of nitrogens with one attached hydrogen (secondary N) is 2. The number of ether oxygens (including phenoxy) is 1. The third-order valence-corrected chi connectivity index (χ3v) is 4.19. The Balaban J connectivity index is 1.99. The molecule has 1 fully saturated rings. The van der Waals surface area contributed by atoms with E-state index in [1.54, 1.807) is 6.92 Å². The van der Waals surface area contributed by atoms with Crippen molar-refractivity contribution in [3.05, 3.63) is 35.9 Å². The molecule has 6 heteroatoms. The minimum atomic E-state index is -0.721. The molecule has 2 amide bonds. The normalized spacial score (nSPS) is 18.0. The summed E-state index contributed by atoms with van der Waals surface area (Å²) in [6.45, 7) is 3.27. The van der Waals surface area contributed by atoms with E-state index in [-0.39, 0.29) is 12.0 Å². The largest absolute Gasteiger partial charge is 0.392 e. The Morgan fingerprint density at radius 1 is 1.17 bits per heavy atom. The molecule has 1 atom stereocenters. The van der Waals surface area contributed by atoms with Crippen LogP contribution in [0.25, 0.3) is 0 Å². The minimum absolute atomic E-state index is 0.0594. The maximum atomic E-state index is 11.9. The average Bonchev–Trinajstić information content (AvgIpc) is 2.59. The van der Waals surface area contributed by atoms with E-state index in [0.29, 0.717) is 19.8 Å². The highest BCUT2D eigenvalue weighted by atomic mass is 16.5. The zero-order valence-corrected chi connectivity index (χ0v) is 13.4. The van der Waals surface area contributed by atoms with Crippen molar-refractivity contribution < 1.29 is 19.4 Å². The molecule has 1 aromatic rings. The summed E-state index contributed by atoms with van der Waals surface area (Å²) in [5, 5.41) is 14.3. The van der Waals surface area contributed by atoms with E-state index in [1.807, 2.05) is 30.3 Å². The van der Waals surface area contributed by atoms with Gasteiger partial charge in [0.25, 0.3) is 0 Å². The fourth-order valence-corrected chi connectivity index (χ4v) is 2.77. The zero-order chi connectivity index (χ0) is 16.7. The molecule has 0 radical (unpaired) electrons. The molecule has 0 unspecified atom stereocenters. The summed E-state index contributed by atoms with van der Waals surface area (Å²) in [5.41, 5.74) is 0.938. The van der Waals surface area contributed by atoms with Crippen LogP contribution in [0.1, 0.15) is 25.3 Å². The fraction of sp³-hybridized carbons (Fsp3) is 0.529. The lowest BCUT2D eigenvalue weighted by atomic mass is 9.74. The van der Waals surface area contributed by atoms with E-state index < -0.39 is 17.9 Å². The second-order valence-corrected chi connectivity index (χ2v) is 6.00. The molecule has 1 aliphatic rings. The number of aliphatic hydroxyl groups excluding tert-OH is 1. The van der Waals surface area contributed by atoms with Crippen LogP contribution >= 0.6 is 0 Å². The molecule has 1 aliphatic heterocycles. The summed E-state index contributed by atoms with van der Waals surface area (Å²) in [6, 6.07) is 10.0. The molecule has 126 valence electrons. The Kier molecular flexibility index (Phi) is 6.12. The van der Waals surface area contributed by atoms with Crippen LogP contribution in [-0.4, -0.2) is 49.3 Å². The molecule has 0 saturated carbocycles. The van der Waals surface area contributed by atoms with Crippen LogP contribution in [0.15, 0.2) is 30.3 Å². The topological polar surface area (TPSA) is 87.7 Å². The number of rotatable bonds is 5. The maximum Gasteiger partial charge on any atom is 0.309 e. The van der Waals surface area contributed by atoms with Crippen molar-refractivity contribution in [2.75, 3.05) is 26.3 Å². The Bertz CT molecular complexity index is 525. The van der Waals surface area contributed by atoms with Crippen molar-refractivity contribution in [1.82, 2.24) is 10.6 Å². The molecular formula is C17H24N2O4. The highest BCUT2D eigenvalue weighted by Gasteiger charge is 2.35. The molecule has 1 heterocycles. The van der Waals surface area contributed by atoms with Gasteiger partial charge in [0, 0.05) is 31.7 Å². The molecule has 0 bridgehead atoms. The lowest BCUT2D eigenvalue weighted by Crippen LogP contribution is -2.49. The number of aliphatic hydroxyl groups is 1. The van der Waals surface area contributed by atoms with Crippen LogP contribution in [0, 0.1) is 0 Å². The van der Waals surface area contributed by atoms with Crippen molar-refractivity contribution in [1.29, 1.82) is 0 Å². The Morgan fingerprint density at radius 2 is 1.78 bits per heavy atom. The van der Waals surface area contributed by atoms with Gasteiger partial charge in [-0.2, -0.15) is 0 Å². The summed E-state index contributed by atoms with van der Waals surface area (Å²) < 4.78 is 5.45. The van der Waals surface area contributed by atoms with Gasteiger partial charge in [0.05, 0.1) is 6.10 Å². The summed E-state index contributed by atoms with van der Waals surface area (Å²) in [4.78, 5) is 23.6. The van der Waals surface area contributed by atoms with Gasteiger partial charge in [-0.3, -0.25) is 9.59 Å². The fourth-order valence-electron chi connectivity index (χ4n) is 2.77. The minimum Gasteiger partial charge on any atom is -0.392 e. The predicted molar refractivity (Wildman–Crippen MR) is 85.9 cm³/mol. The standard InChI is InChI=1S/C17H24N2O4/c1-13(20)11-18-15(21)16(22)19-12-17(7-9-23-10-8-17)14-5-3-2-4-6-14/h2-6,13,20H,7-12H2,1H3,(H,18,21)(H,19,22)/t13-/m0/s1. The second kappa shape index (κ2) is 8.08. The van der Waals surface area contributed by atoms with Gasteiger partial charge in [-0.15, -0.1) is 0 Å². The van der Waals surface area contributed by atoms with E-state index in [2.05, 4.69) is 10.6 Å². The van der Waals surface area contributed by atoms with Crippen LogP contribution in [-0.2, 0) is 19.7 Å². The first-order valence-corrected chi connectivity index (χ1v) is 7.91. The molecule has 0 spiro atoms. The van der Waals surface area contributed by atoms with Crippen molar-refractivity contribution in [2.24, 2.45) is 0 Å². The van der Waals surface area contributed by atoms with Gasteiger partial charge in [0.15, 0.2) is 0 Å². The van der Waals surface area contributed by atoms with Gasteiger partial charge in [0.2, 0.25) is 0 Å². The van der Waals surface area contributed by atoms with Gasteiger partial charge < -0.3 is 20.5 Å². The van der Waals surface area contributed by atoms with Gasteiger partial charge in [-0.05, 0) is 25.3 Å². The number of benzene rings is 1. The third kappa shape index (κ3) is 4.77. The third-order valence-electron chi connectivity index (χ3n) is 4.19. The van der Waals surface area contributed by atoms with Gasteiger partial charge in [-0.1, -0.05) is 30.3 Å². The SMILES string of the molecule is C[C@H](O)CNC(=O)C(=O)NCC1(c2ccccc2)CCOCC1. The Hall–Kier alpha value is -1.92. The number of hydrogen-bond acceptors (Lipinski definition) is 4. The lowest BCUT2D eigenvalue weighted by molar-refractivity contribution is -0.139. The van der Waals surface area contributed by atoms with E-state index in [1.165, 1.54) is 0 Å². The first-order valence-electron chi connectivity index (χ1n) is 7.91. The smallest absolute Gasteiger partial charge is 0.309 e. The van der Waals surface area contributed by atoms with Gasteiger partial charge in [-0.25, -0.2) is 0 Å². The summed E-state index contributed by atoms with van der Waals surface area (Å²) in [7, 11) is 0. The monoisotopic (exact) mass is 320 g/mol. The molecule has 2 rings (SSSR count). The number of hydrogen-bond donors (Lipinski definition) is 3. The van der Waals surface area contributed by atoms with Gasteiger partial charge >= 0.3 is 11.8 Å². The van der Waals surface area contributed by atoms with Crippen molar-refractivity contribution in [3.8, 4) is 0 Å². The molecule has 23 heavy (non-hydrogen) atoms. The van der Waals surface area contributed by atoms with Crippen molar-refractivity contribution in [3.63, 3.8) is 0 Å². The highest BCUT2D eigenvalue weighted by molar-refractivity contribution is 6.35. The predicted octanol–water partition coefficient (Wildman–Crippen LogP) is 0.348. The van der Waals surface area contributed by atoms with Crippen molar-refractivity contribution >= 4 is 11.8 Å². The molecule has 1 saturated heterocycles. The first-order chi connectivity index (χ1) is 11.0. The Labute approximate surface area is 136 Å². The zero-order valence-electron chi connectivity index (χ0n) is 13.4. The number of carbonyl (C=O) groups is 2. The molecule has 0 aliphatic carbocycles. The molecule has 6 nitrogen and oxygen atoms in total. The molecule has 1 aromatic carbocycles. The van der Waals surface area contributed by atoms with E-state index >= 15 is 0 Å². The van der Waals surface area contributed by atoms with Crippen LogP contribution in [0.5, 0.6) is 0 Å². The average molecular weight is 320 g/mol. The highest BCUT2D eigenvalue weighted by Crippen LogP contribution is 2.34. The van der Waals surface area contributed by atoms with Crippen LogP contribution < -0.4 is 10.6 Å². The quantitative estimate of drug-likeness (QED) is 0.683. The second-order valence-electron chi connectivity index (χ2n) is 6.00. The van der Waals surface area contributed by atoms with Crippen LogP contribution in [0.4, 0.5) is 0 Å². The van der Waals surface area contributed by atoms with E-state index in [0.717, 1.165) is 18.4 Å². The Morgan fingerprint density at radius 3 is 2.39 bits per heavy atom. The summed E-state index contributed by atoms with van der Waals surface area (Å²) >= 11 is 0. The van der Waals surface area contributed by atoms with Crippen LogP contribution in [0.2, 0.25) is 0 Å². The number of amides is 2. The molecule has 0 aromatic heterocycles. The van der Waals surface area contributed by atoms with E-state index in [9.17, 15) is 9.59 Å². The maximum absolute atomic E-state index is 11.9.